The van der Waals surface area contributed by atoms with Crippen LogP contribution in [0.5, 0.6) is 11.5 Å². The smallest absolute Gasteiger partial charge is 0.231 e. The van der Waals surface area contributed by atoms with Crippen molar-refractivity contribution in [1.82, 2.24) is 0 Å². The number of ether oxygens (including phenoxy) is 3. The Kier molecular flexibility index (Phi) is 2.91. The minimum Gasteiger partial charge on any atom is -0.454 e. The van der Waals surface area contributed by atoms with Gasteiger partial charge in [-0.15, -0.1) is 0 Å². The average Bonchev–Trinajstić information content (AvgIpc) is 3.04. The molecule has 17 heavy (non-hydrogen) atoms. The lowest BCUT2D eigenvalue weighted by atomic mass is 10.1. The van der Waals surface area contributed by atoms with Gasteiger partial charge in [0.25, 0.3) is 0 Å². The van der Waals surface area contributed by atoms with Gasteiger partial charge in [-0.25, -0.2) is 0 Å². The van der Waals surface area contributed by atoms with E-state index in [-0.39, 0.29) is 6.79 Å². The Hall–Kier alpha value is -1.26. The molecule has 92 valence electrons. The first-order valence-electron chi connectivity index (χ1n) is 5.98. The van der Waals surface area contributed by atoms with Crippen molar-refractivity contribution in [2.24, 2.45) is 5.92 Å². The first-order chi connectivity index (χ1) is 8.33. The predicted octanol–water partition coefficient (Wildman–Crippen LogP) is 1.88. The van der Waals surface area contributed by atoms with Gasteiger partial charge in [0.15, 0.2) is 11.5 Å². The number of hydrogen-bond acceptors (Lipinski definition) is 4. The van der Waals surface area contributed by atoms with Crippen LogP contribution >= 0.6 is 0 Å². The number of aliphatic hydroxyl groups is 1. The van der Waals surface area contributed by atoms with Gasteiger partial charge < -0.3 is 19.3 Å². The maximum absolute atomic E-state index is 9.96. The van der Waals surface area contributed by atoms with Crippen LogP contribution in [0.2, 0.25) is 0 Å². The molecule has 0 radical (unpaired) electrons. The summed E-state index contributed by atoms with van der Waals surface area (Å²) in [5, 5.41) is 9.96. The molecule has 0 saturated heterocycles. The molecule has 1 unspecified atom stereocenters. The van der Waals surface area contributed by atoms with Gasteiger partial charge in [-0.1, -0.05) is 6.07 Å². The van der Waals surface area contributed by atoms with E-state index in [9.17, 15) is 5.11 Å². The minimum absolute atomic E-state index is 0.257. The van der Waals surface area contributed by atoms with E-state index >= 15 is 0 Å². The highest BCUT2D eigenvalue weighted by Crippen LogP contribution is 2.34. The van der Waals surface area contributed by atoms with Crippen molar-refractivity contribution in [1.29, 1.82) is 0 Å². The van der Waals surface area contributed by atoms with Gasteiger partial charge in [0.05, 0.1) is 6.61 Å². The molecule has 1 atom stereocenters. The molecule has 1 aliphatic carbocycles. The van der Waals surface area contributed by atoms with Gasteiger partial charge in [0, 0.05) is 6.61 Å². The maximum Gasteiger partial charge on any atom is 0.231 e. The number of fused-ring (bicyclic) bond motifs is 1. The van der Waals surface area contributed by atoms with Crippen LogP contribution in [0.4, 0.5) is 0 Å². The third-order valence-electron chi connectivity index (χ3n) is 3.11. The Morgan fingerprint density at radius 2 is 2.12 bits per heavy atom. The summed E-state index contributed by atoms with van der Waals surface area (Å²) in [6.45, 7) is 1.37. The fourth-order valence-electron chi connectivity index (χ4n) is 1.85. The van der Waals surface area contributed by atoms with Crippen molar-refractivity contribution < 1.29 is 19.3 Å². The third kappa shape index (κ3) is 2.53. The monoisotopic (exact) mass is 236 g/mol. The minimum atomic E-state index is -0.594. The third-order valence-corrected chi connectivity index (χ3v) is 3.11. The second-order valence-electron chi connectivity index (χ2n) is 4.61. The Bertz CT molecular complexity index is 400. The number of rotatable bonds is 5. The highest BCUT2D eigenvalue weighted by molar-refractivity contribution is 5.45. The first-order valence-corrected chi connectivity index (χ1v) is 5.98. The fraction of sp³-hybridized carbons (Fsp3) is 0.538. The standard InChI is InChI=1S/C13H16O4/c14-11(7-15-6-9-1-2-9)10-3-4-12-13(5-10)17-8-16-12/h3-5,9,11,14H,1-2,6-8H2. The second kappa shape index (κ2) is 4.55. The van der Waals surface area contributed by atoms with E-state index in [1.165, 1.54) is 12.8 Å². The predicted molar refractivity (Wildman–Crippen MR) is 61.1 cm³/mol. The molecule has 1 fully saturated rings. The summed E-state index contributed by atoms with van der Waals surface area (Å²) in [6.07, 6.45) is 1.93. The van der Waals surface area contributed by atoms with Gasteiger partial charge in [0.2, 0.25) is 6.79 Å². The molecule has 0 spiro atoms. The molecule has 0 aromatic heterocycles. The lowest BCUT2D eigenvalue weighted by Gasteiger charge is -2.12. The van der Waals surface area contributed by atoms with Crippen LogP contribution in [0.25, 0.3) is 0 Å². The molecule has 1 aromatic carbocycles. The molecule has 1 heterocycles. The van der Waals surface area contributed by atoms with Crippen LogP contribution in [0, 0.1) is 5.92 Å². The van der Waals surface area contributed by atoms with Crippen LogP contribution < -0.4 is 9.47 Å². The molecule has 4 heteroatoms. The lowest BCUT2D eigenvalue weighted by Crippen LogP contribution is -2.08. The first kappa shape index (κ1) is 10.9. The zero-order valence-corrected chi connectivity index (χ0v) is 9.59. The summed E-state index contributed by atoms with van der Waals surface area (Å²) in [6, 6.07) is 5.48. The van der Waals surface area contributed by atoms with E-state index in [4.69, 9.17) is 14.2 Å². The van der Waals surface area contributed by atoms with E-state index in [0.29, 0.717) is 12.4 Å². The Morgan fingerprint density at radius 3 is 2.94 bits per heavy atom. The second-order valence-corrected chi connectivity index (χ2v) is 4.61. The lowest BCUT2D eigenvalue weighted by molar-refractivity contribution is 0.0314. The molecule has 3 rings (SSSR count). The molecule has 1 N–H and O–H groups in total. The van der Waals surface area contributed by atoms with Crippen LogP contribution in [0.15, 0.2) is 18.2 Å². The summed E-state index contributed by atoms with van der Waals surface area (Å²) >= 11 is 0. The van der Waals surface area contributed by atoms with Crippen molar-refractivity contribution in [2.45, 2.75) is 18.9 Å². The van der Waals surface area contributed by atoms with Crippen molar-refractivity contribution in [3.63, 3.8) is 0 Å². The summed E-state index contributed by atoms with van der Waals surface area (Å²) in [4.78, 5) is 0. The largest absolute Gasteiger partial charge is 0.454 e. The fourth-order valence-corrected chi connectivity index (χ4v) is 1.85. The van der Waals surface area contributed by atoms with E-state index in [1.807, 2.05) is 18.2 Å². The molecule has 2 aliphatic rings. The number of hydrogen-bond donors (Lipinski definition) is 1. The molecule has 1 saturated carbocycles. The highest BCUT2D eigenvalue weighted by atomic mass is 16.7. The normalized spacial score (nSPS) is 19.4. The van der Waals surface area contributed by atoms with Crippen molar-refractivity contribution in [2.75, 3.05) is 20.0 Å². The van der Waals surface area contributed by atoms with Gasteiger partial charge >= 0.3 is 0 Å². The maximum atomic E-state index is 9.96. The van der Waals surface area contributed by atoms with Crippen LogP contribution in [0.3, 0.4) is 0 Å². The topological polar surface area (TPSA) is 47.9 Å². The van der Waals surface area contributed by atoms with Gasteiger partial charge in [-0.05, 0) is 36.5 Å². The van der Waals surface area contributed by atoms with Crippen LogP contribution in [-0.2, 0) is 4.74 Å². The zero-order valence-electron chi connectivity index (χ0n) is 9.59. The van der Waals surface area contributed by atoms with Crippen molar-refractivity contribution in [3.05, 3.63) is 23.8 Å². The number of aliphatic hydroxyl groups excluding tert-OH is 1. The summed E-state index contributed by atoms with van der Waals surface area (Å²) < 4.78 is 16.0. The van der Waals surface area contributed by atoms with Crippen molar-refractivity contribution >= 4 is 0 Å². The molecule has 1 aromatic rings. The molecule has 4 nitrogen and oxygen atoms in total. The van der Waals surface area contributed by atoms with Gasteiger partial charge in [-0.3, -0.25) is 0 Å². The highest BCUT2D eigenvalue weighted by Gasteiger charge is 2.22. The molecular formula is C13H16O4. The zero-order chi connectivity index (χ0) is 11.7. The van der Waals surface area contributed by atoms with E-state index in [2.05, 4.69) is 0 Å². The quantitative estimate of drug-likeness (QED) is 0.848. The van der Waals surface area contributed by atoms with Crippen LogP contribution in [0.1, 0.15) is 24.5 Å². The molecule has 1 aliphatic heterocycles. The number of benzene rings is 1. The van der Waals surface area contributed by atoms with E-state index in [1.54, 1.807) is 0 Å². The molecule has 0 bridgehead atoms. The van der Waals surface area contributed by atoms with Crippen LogP contribution in [-0.4, -0.2) is 25.1 Å². The summed E-state index contributed by atoms with van der Waals surface area (Å²) in [7, 11) is 0. The van der Waals surface area contributed by atoms with Gasteiger partial charge in [0.1, 0.15) is 6.10 Å². The Balaban J connectivity index is 1.58. The summed E-state index contributed by atoms with van der Waals surface area (Å²) in [5.74, 6) is 2.16. The van der Waals surface area contributed by atoms with Gasteiger partial charge in [-0.2, -0.15) is 0 Å². The van der Waals surface area contributed by atoms with E-state index < -0.39 is 6.10 Å². The molecular weight excluding hydrogens is 220 g/mol. The Morgan fingerprint density at radius 1 is 1.29 bits per heavy atom. The molecule has 0 amide bonds. The van der Waals surface area contributed by atoms with E-state index in [0.717, 1.165) is 23.8 Å². The van der Waals surface area contributed by atoms with Crippen molar-refractivity contribution in [3.8, 4) is 11.5 Å². The Labute approximate surface area is 100 Å². The summed E-state index contributed by atoms with van der Waals surface area (Å²) in [5.41, 5.74) is 0.810. The average molecular weight is 236 g/mol. The SMILES string of the molecule is OC(COCC1CC1)c1ccc2c(c1)OCO2.